The molecule has 1 aliphatic carbocycles. The molecule has 0 atom stereocenters. The van der Waals surface area contributed by atoms with Gasteiger partial charge < -0.3 is 10.1 Å². The van der Waals surface area contributed by atoms with Crippen LogP contribution in [-0.2, 0) is 17.6 Å². The van der Waals surface area contributed by atoms with Crippen LogP contribution in [0.3, 0.4) is 0 Å². The molecule has 0 radical (unpaired) electrons. The van der Waals surface area contributed by atoms with Gasteiger partial charge in [0, 0.05) is 12.6 Å². The predicted octanol–water partition coefficient (Wildman–Crippen LogP) is 3.91. The van der Waals surface area contributed by atoms with Crippen LogP contribution in [0.1, 0.15) is 37.7 Å². The Hall–Kier alpha value is -2.49. The summed E-state index contributed by atoms with van der Waals surface area (Å²) in [5.41, 5.74) is 6.88. The van der Waals surface area contributed by atoms with Gasteiger partial charge in [0.1, 0.15) is 12.0 Å². The van der Waals surface area contributed by atoms with Gasteiger partial charge in [-0.3, -0.25) is 0 Å². The lowest BCUT2D eigenvalue weighted by atomic mass is 9.92. The van der Waals surface area contributed by atoms with Gasteiger partial charge in [0.15, 0.2) is 5.82 Å². The zero-order valence-electron chi connectivity index (χ0n) is 14.2. The number of allylic oxidation sites excluding steroid dienone is 1. The van der Waals surface area contributed by atoms with E-state index in [9.17, 15) is 0 Å². The Morgan fingerprint density at radius 2 is 1.87 bits per heavy atom. The Labute approximate surface area is 137 Å². The lowest BCUT2D eigenvalue weighted by molar-refractivity contribution is -0.106. The lowest BCUT2D eigenvalue weighted by Crippen LogP contribution is -2.11. The van der Waals surface area contributed by atoms with Gasteiger partial charge in [-0.05, 0) is 45.3 Å². The van der Waals surface area contributed by atoms with Crippen molar-refractivity contribution >= 4 is 18.2 Å². The molecule has 3 rings (SSSR count). The minimum absolute atomic E-state index is 0.750. The molecule has 0 unspecified atom stereocenters. The number of nitrogens with zero attached hydrogens (tertiary/aromatic N) is 2. The van der Waals surface area contributed by atoms with E-state index in [-0.39, 0.29) is 0 Å². The Kier molecular flexibility index (Phi) is 5.63. The summed E-state index contributed by atoms with van der Waals surface area (Å²) < 4.78 is 0. The highest BCUT2D eigenvalue weighted by Crippen LogP contribution is 2.32. The molecule has 4 nitrogen and oxygen atoms in total. The lowest BCUT2D eigenvalue weighted by Gasteiger charge is -2.19. The Morgan fingerprint density at radius 1 is 1.17 bits per heavy atom. The summed E-state index contributed by atoms with van der Waals surface area (Å²) in [7, 11) is 1.90. The van der Waals surface area contributed by atoms with Crippen LogP contribution in [0.2, 0.25) is 0 Å². The first kappa shape index (κ1) is 16.9. The second-order valence-electron chi connectivity index (χ2n) is 5.62. The summed E-state index contributed by atoms with van der Waals surface area (Å²) in [5.74, 6) is 0.865. The first-order chi connectivity index (χ1) is 11.1. The van der Waals surface area contributed by atoms with E-state index >= 15 is 0 Å². The molecular formula is C19H23N3O. The number of benzene rings is 1. The first-order valence-corrected chi connectivity index (χ1v) is 7.82. The minimum Gasteiger partial charge on any atom is -0.371 e. The van der Waals surface area contributed by atoms with Gasteiger partial charge >= 0.3 is 0 Å². The number of aldehydes is 1. The molecule has 0 saturated heterocycles. The maximum atomic E-state index is 8.81. The number of anilines is 1. The third-order valence-corrected chi connectivity index (χ3v) is 3.56. The smallest absolute Gasteiger partial charge is 0.152 e. The number of fused-ring (bicyclic) bond motifs is 3. The molecule has 0 bridgehead atoms. The van der Waals surface area contributed by atoms with Crippen molar-refractivity contribution in [2.45, 2.75) is 33.6 Å². The molecule has 4 heteroatoms. The van der Waals surface area contributed by atoms with E-state index in [1.807, 2.05) is 7.05 Å². The molecule has 1 N–H and O–H groups in total. The second kappa shape index (κ2) is 7.68. The van der Waals surface area contributed by atoms with Gasteiger partial charge in [-0.2, -0.15) is 0 Å². The fourth-order valence-electron chi connectivity index (χ4n) is 2.65. The zero-order valence-corrected chi connectivity index (χ0v) is 14.2. The molecule has 0 fully saturated rings. The highest BCUT2D eigenvalue weighted by atomic mass is 16.1. The number of hydrogen-bond acceptors (Lipinski definition) is 4. The standard InChI is InChI=1S/C17H19N3.C2H4O/c1-11(2)10-15-17(18-3)20-14-9-8-12-6-4-5-7-13(12)16(14)19-15;1-2-3/h4-7,10H,8-9H2,1-3H3,(H,18,20);2H,1H3. The number of hydrogen-bond donors (Lipinski definition) is 1. The molecule has 1 aromatic heterocycles. The van der Waals surface area contributed by atoms with Crippen LogP contribution in [0, 0.1) is 0 Å². The van der Waals surface area contributed by atoms with E-state index in [1.165, 1.54) is 23.6 Å². The van der Waals surface area contributed by atoms with Crippen molar-refractivity contribution in [2.24, 2.45) is 0 Å². The molecule has 0 saturated carbocycles. The molecule has 0 spiro atoms. The summed E-state index contributed by atoms with van der Waals surface area (Å²) >= 11 is 0. The number of aryl methyl sites for hydroxylation is 2. The fourth-order valence-corrected chi connectivity index (χ4v) is 2.65. The maximum Gasteiger partial charge on any atom is 0.152 e. The highest BCUT2D eigenvalue weighted by molar-refractivity contribution is 5.72. The molecule has 23 heavy (non-hydrogen) atoms. The van der Waals surface area contributed by atoms with Crippen molar-refractivity contribution in [2.75, 3.05) is 12.4 Å². The van der Waals surface area contributed by atoms with Gasteiger partial charge in [-0.15, -0.1) is 0 Å². The third kappa shape index (κ3) is 3.83. The summed E-state index contributed by atoms with van der Waals surface area (Å²) in [6.45, 7) is 5.60. The Bertz CT molecular complexity index is 731. The Balaban J connectivity index is 0.000000595. The predicted molar refractivity (Wildman–Crippen MR) is 95.5 cm³/mol. The van der Waals surface area contributed by atoms with E-state index in [0.717, 1.165) is 42.0 Å². The molecule has 1 heterocycles. The molecule has 0 aliphatic heterocycles. The van der Waals surface area contributed by atoms with Crippen LogP contribution in [0.4, 0.5) is 5.82 Å². The van der Waals surface area contributed by atoms with Crippen LogP contribution in [0.25, 0.3) is 17.3 Å². The van der Waals surface area contributed by atoms with Gasteiger partial charge in [-0.25, -0.2) is 9.97 Å². The van der Waals surface area contributed by atoms with E-state index in [0.29, 0.717) is 0 Å². The van der Waals surface area contributed by atoms with Crippen molar-refractivity contribution in [3.05, 3.63) is 46.8 Å². The zero-order chi connectivity index (χ0) is 16.8. The second-order valence-corrected chi connectivity index (χ2v) is 5.62. The molecule has 0 amide bonds. The molecule has 1 aromatic carbocycles. The summed E-state index contributed by atoms with van der Waals surface area (Å²) in [4.78, 5) is 18.4. The number of nitrogens with one attached hydrogen (secondary N) is 1. The first-order valence-electron chi connectivity index (χ1n) is 7.82. The van der Waals surface area contributed by atoms with E-state index in [2.05, 4.69) is 49.5 Å². The van der Waals surface area contributed by atoms with Crippen LogP contribution in [-0.4, -0.2) is 23.3 Å². The van der Waals surface area contributed by atoms with Crippen LogP contribution < -0.4 is 5.32 Å². The van der Waals surface area contributed by atoms with Gasteiger partial charge in [0.2, 0.25) is 0 Å². The fraction of sp³-hybridized carbons (Fsp3) is 0.316. The number of carbonyl (C=O) groups is 1. The monoisotopic (exact) mass is 309 g/mol. The normalized spacial score (nSPS) is 11.3. The number of aromatic nitrogens is 2. The largest absolute Gasteiger partial charge is 0.371 e. The van der Waals surface area contributed by atoms with E-state index in [4.69, 9.17) is 14.8 Å². The average Bonchev–Trinajstić information content (AvgIpc) is 2.54. The van der Waals surface area contributed by atoms with Gasteiger partial charge in [-0.1, -0.05) is 29.8 Å². The molecular weight excluding hydrogens is 286 g/mol. The van der Waals surface area contributed by atoms with Crippen molar-refractivity contribution < 1.29 is 4.79 Å². The summed E-state index contributed by atoms with van der Waals surface area (Å²) in [6, 6.07) is 8.50. The molecule has 120 valence electrons. The average molecular weight is 309 g/mol. The van der Waals surface area contributed by atoms with Crippen molar-refractivity contribution in [1.82, 2.24) is 9.97 Å². The minimum atomic E-state index is 0.750. The maximum absolute atomic E-state index is 8.81. The van der Waals surface area contributed by atoms with Crippen molar-refractivity contribution in [3.8, 4) is 11.3 Å². The third-order valence-electron chi connectivity index (χ3n) is 3.56. The van der Waals surface area contributed by atoms with Gasteiger partial charge in [0.05, 0.1) is 11.4 Å². The summed E-state index contributed by atoms with van der Waals surface area (Å²) in [6.07, 6.45) is 4.84. The Morgan fingerprint density at radius 3 is 2.52 bits per heavy atom. The quantitative estimate of drug-likeness (QED) is 0.855. The number of rotatable bonds is 2. The van der Waals surface area contributed by atoms with Crippen LogP contribution >= 0.6 is 0 Å². The van der Waals surface area contributed by atoms with Crippen LogP contribution in [0.15, 0.2) is 29.8 Å². The molecule has 1 aliphatic rings. The topological polar surface area (TPSA) is 54.9 Å². The van der Waals surface area contributed by atoms with Crippen LogP contribution in [0.5, 0.6) is 0 Å². The summed E-state index contributed by atoms with van der Waals surface area (Å²) in [5, 5.41) is 3.16. The molecule has 2 aromatic rings. The van der Waals surface area contributed by atoms with E-state index in [1.54, 1.807) is 0 Å². The number of carbonyl (C=O) groups excluding carboxylic acids is 1. The SMILES string of the molecule is CC=O.CNc1nc2c(nc1C=C(C)C)-c1ccccc1CC2. The highest BCUT2D eigenvalue weighted by Gasteiger charge is 2.20. The van der Waals surface area contributed by atoms with Gasteiger partial charge in [0.25, 0.3) is 0 Å². The van der Waals surface area contributed by atoms with E-state index < -0.39 is 0 Å². The van der Waals surface area contributed by atoms with Crippen molar-refractivity contribution in [1.29, 1.82) is 0 Å². The van der Waals surface area contributed by atoms with Crippen molar-refractivity contribution in [3.63, 3.8) is 0 Å².